The van der Waals surface area contributed by atoms with Crippen molar-refractivity contribution in [2.24, 2.45) is 0 Å². The van der Waals surface area contributed by atoms with Crippen LogP contribution in [-0.2, 0) is 9.53 Å². The standard InChI is InChI=1S/C18H27N3O4/c1-2-24-18(23)21-11-9-20(10-12-21)16(15-8-5-13-25-15)17(22)19-14-6-3-4-7-14/h5,8,13-14,16H,2-4,6-7,9-12H2,1H3,(H,19,22). The fourth-order valence-electron chi connectivity index (χ4n) is 3.65. The van der Waals surface area contributed by atoms with E-state index < -0.39 is 6.04 Å². The van der Waals surface area contributed by atoms with E-state index in [-0.39, 0.29) is 18.0 Å². The summed E-state index contributed by atoms with van der Waals surface area (Å²) in [5.74, 6) is 0.645. The van der Waals surface area contributed by atoms with Gasteiger partial charge in [-0.1, -0.05) is 12.8 Å². The van der Waals surface area contributed by atoms with Gasteiger partial charge in [0, 0.05) is 32.2 Å². The number of ether oxygens (including phenoxy) is 1. The number of hydrogen-bond acceptors (Lipinski definition) is 5. The normalized spacial score (nSPS) is 20.4. The van der Waals surface area contributed by atoms with Crippen molar-refractivity contribution in [2.75, 3.05) is 32.8 Å². The first kappa shape index (κ1) is 17.8. The van der Waals surface area contributed by atoms with Crippen LogP contribution >= 0.6 is 0 Å². The van der Waals surface area contributed by atoms with E-state index in [4.69, 9.17) is 9.15 Å². The van der Waals surface area contributed by atoms with E-state index in [1.54, 1.807) is 24.2 Å². The van der Waals surface area contributed by atoms with Gasteiger partial charge in [-0.2, -0.15) is 0 Å². The van der Waals surface area contributed by atoms with Gasteiger partial charge in [-0.05, 0) is 31.9 Å². The summed E-state index contributed by atoms with van der Waals surface area (Å²) in [6.07, 6.45) is 5.76. The fraction of sp³-hybridized carbons (Fsp3) is 0.667. The summed E-state index contributed by atoms with van der Waals surface area (Å²) in [5, 5.41) is 3.17. The summed E-state index contributed by atoms with van der Waals surface area (Å²) in [5.41, 5.74) is 0. The molecule has 0 radical (unpaired) electrons. The molecule has 1 aromatic rings. The average molecular weight is 349 g/mol. The van der Waals surface area contributed by atoms with Gasteiger partial charge in [-0.3, -0.25) is 9.69 Å². The Morgan fingerprint density at radius 1 is 1.28 bits per heavy atom. The monoisotopic (exact) mass is 349 g/mol. The number of furan rings is 1. The van der Waals surface area contributed by atoms with Gasteiger partial charge in [0.15, 0.2) is 0 Å². The lowest BCUT2D eigenvalue weighted by molar-refractivity contribution is -0.128. The summed E-state index contributed by atoms with van der Waals surface area (Å²) in [6.45, 7) is 4.50. The number of rotatable bonds is 5. The molecule has 2 amide bonds. The van der Waals surface area contributed by atoms with Crippen molar-refractivity contribution < 1.29 is 18.7 Å². The quantitative estimate of drug-likeness (QED) is 0.882. The molecule has 0 spiro atoms. The molecule has 0 aromatic carbocycles. The molecule has 2 heterocycles. The van der Waals surface area contributed by atoms with Crippen molar-refractivity contribution in [1.29, 1.82) is 0 Å². The lowest BCUT2D eigenvalue weighted by Crippen LogP contribution is -2.53. The van der Waals surface area contributed by atoms with Crippen LogP contribution in [0.1, 0.15) is 44.4 Å². The number of piperazine rings is 1. The zero-order chi connectivity index (χ0) is 17.6. The van der Waals surface area contributed by atoms with Crippen LogP contribution in [-0.4, -0.2) is 60.6 Å². The van der Waals surface area contributed by atoms with Crippen molar-refractivity contribution in [1.82, 2.24) is 15.1 Å². The summed E-state index contributed by atoms with van der Waals surface area (Å²) >= 11 is 0. The molecule has 7 heteroatoms. The molecule has 0 bridgehead atoms. The topological polar surface area (TPSA) is 75.0 Å². The zero-order valence-corrected chi connectivity index (χ0v) is 14.8. The van der Waals surface area contributed by atoms with Gasteiger partial charge < -0.3 is 19.4 Å². The van der Waals surface area contributed by atoms with E-state index in [0.29, 0.717) is 38.5 Å². The minimum absolute atomic E-state index is 0.00793. The van der Waals surface area contributed by atoms with Gasteiger partial charge in [0.2, 0.25) is 5.91 Å². The van der Waals surface area contributed by atoms with E-state index in [0.717, 1.165) is 12.8 Å². The molecule has 25 heavy (non-hydrogen) atoms. The van der Waals surface area contributed by atoms with Crippen LogP contribution in [0, 0.1) is 0 Å². The number of amides is 2. The molecule has 7 nitrogen and oxygen atoms in total. The van der Waals surface area contributed by atoms with E-state index in [1.807, 2.05) is 6.07 Å². The van der Waals surface area contributed by atoms with Crippen molar-refractivity contribution in [3.8, 4) is 0 Å². The van der Waals surface area contributed by atoms with Crippen molar-refractivity contribution in [3.63, 3.8) is 0 Å². The Labute approximate surface area is 148 Å². The summed E-state index contributed by atoms with van der Waals surface area (Å²) in [7, 11) is 0. The highest BCUT2D eigenvalue weighted by molar-refractivity contribution is 5.83. The smallest absolute Gasteiger partial charge is 0.409 e. The summed E-state index contributed by atoms with van der Waals surface area (Å²) in [6, 6.07) is 3.47. The maximum absolute atomic E-state index is 12.9. The highest BCUT2D eigenvalue weighted by atomic mass is 16.6. The largest absolute Gasteiger partial charge is 0.467 e. The molecular weight excluding hydrogens is 322 g/mol. The van der Waals surface area contributed by atoms with Crippen LogP contribution < -0.4 is 5.32 Å². The second kappa shape index (κ2) is 8.38. The molecule has 138 valence electrons. The van der Waals surface area contributed by atoms with E-state index >= 15 is 0 Å². The third kappa shape index (κ3) is 4.34. The predicted octanol–water partition coefficient (Wildman–Crippen LogP) is 2.15. The molecular formula is C18H27N3O4. The second-order valence-electron chi connectivity index (χ2n) is 6.63. The van der Waals surface area contributed by atoms with E-state index in [1.165, 1.54) is 12.8 Å². The van der Waals surface area contributed by atoms with Gasteiger partial charge in [0.1, 0.15) is 11.8 Å². The first-order chi connectivity index (χ1) is 12.2. The Morgan fingerprint density at radius 3 is 2.60 bits per heavy atom. The van der Waals surface area contributed by atoms with Crippen LogP contribution in [0.3, 0.4) is 0 Å². The molecule has 1 aliphatic carbocycles. The Morgan fingerprint density at radius 2 is 2.00 bits per heavy atom. The van der Waals surface area contributed by atoms with Gasteiger partial charge in [-0.15, -0.1) is 0 Å². The molecule has 1 atom stereocenters. The number of nitrogens with zero attached hydrogens (tertiary/aromatic N) is 2. The maximum atomic E-state index is 12.9. The molecule has 1 saturated heterocycles. The van der Waals surface area contributed by atoms with Gasteiger partial charge >= 0.3 is 6.09 Å². The van der Waals surface area contributed by atoms with Crippen LogP contribution in [0.2, 0.25) is 0 Å². The molecule has 2 fully saturated rings. The van der Waals surface area contributed by atoms with Gasteiger partial charge in [0.25, 0.3) is 0 Å². The number of nitrogens with one attached hydrogen (secondary N) is 1. The van der Waals surface area contributed by atoms with Gasteiger partial charge in [-0.25, -0.2) is 4.79 Å². The first-order valence-electron chi connectivity index (χ1n) is 9.18. The Bertz CT molecular complexity index is 561. The number of carbonyl (C=O) groups excluding carboxylic acids is 2. The minimum atomic E-state index is -0.444. The highest BCUT2D eigenvalue weighted by Gasteiger charge is 2.34. The van der Waals surface area contributed by atoms with Crippen molar-refractivity contribution >= 4 is 12.0 Å². The lowest BCUT2D eigenvalue weighted by Gasteiger charge is -2.37. The van der Waals surface area contributed by atoms with Crippen LogP contribution in [0.5, 0.6) is 0 Å². The first-order valence-corrected chi connectivity index (χ1v) is 9.18. The fourth-order valence-corrected chi connectivity index (χ4v) is 3.65. The zero-order valence-electron chi connectivity index (χ0n) is 14.8. The lowest BCUT2D eigenvalue weighted by atomic mass is 10.1. The maximum Gasteiger partial charge on any atom is 0.409 e. The summed E-state index contributed by atoms with van der Waals surface area (Å²) < 4.78 is 10.6. The second-order valence-corrected chi connectivity index (χ2v) is 6.63. The third-order valence-electron chi connectivity index (χ3n) is 4.97. The molecule has 1 saturated carbocycles. The van der Waals surface area contributed by atoms with Crippen LogP contribution in [0.25, 0.3) is 0 Å². The Kier molecular flexibility index (Phi) is 5.96. The van der Waals surface area contributed by atoms with Gasteiger partial charge in [0.05, 0.1) is 12.9 Å². The SMILES string of the molecule is CCOC(=O)N1CCN(C(C(=O)NC2CCCC2)c2ccco2)CC1. The molecule has 1 aliphatic heterocycles. The molecule has 1 unspecified atom stereocenters. The van der Waals surface area contributed by atoms with E-state index in [9.17, 15) is 9.59 Å². The Hall–Kier alpha value is -2.02. The predicted molar refractivity (Wildman–Crippen MR) is 92.0 cm³/mol. The molecule has 1 aromatic heterocycles. The number of carbonyl (C=O) groups is 2. The molecule has 3 rings (SSSR count). The van der Waals surface area contributed by atoms with Crippen LogP contribution in [0.4, 0.5) is 4.79 Å². The van der Waals surface area contributed by atoms with Crippen molar-refractivity contribution in [3.05, 3.63) is 24.2 Å². The minimum Gasteiger partial charge on any atom is -0.467 e. The van der Waals surface area contributed by atoms with Crippen molar-refractivity contribution in [2.45, 2.75) is 44.7 Å². The van der Waals surface area contributed by atoms with E-state index in [2.05, 4.69) is 10.2 Å². The average Bonchev–Trinajstić information content (AvgIpc) is 3.30. The number of hydrogen-bond donors (Lipinski definition) is 1. The van der Waals surface area contributed by atoms with Crippen LogP contribution in [0.15, 0.2) is 22.8 Å². The third-order valence-corrected chi connectivity index (χ3v) is 4.97. The summed E-state index contributed by atoms with van der Waals surface area (Å²) in [4.78, 5) is 28.5. The highest BCUT2D eigenvalue weighted by Crippen LogP contribution is 2.25. The molecule has 1 N–H and O–H groups in total. The molecule has 2 aliphatic rings. The Balaban J connectivity index is 1.64.